The topological polar surface area (TPSA) is 96.9 Å². The molecule has 0 fully saturated rings. The number of rotatable bonds is 6. The van der Waals surface area contributed by atoms with Crippen LogP contribution in [-0.4, -0.2) is 37.2 Å². The van der Waals surface area contributed by atoms with Crippen molar-refractivity contribution in [2.45, 2.75) is 13.8 Å². The Morgan fingerprint density at radius 1 is 1.60 bits per heavy atom. The number of nitrogens with two attached hydrogens (primary N) is 1. The second-order valence-corrected chi connectivity index (χ2v) is 3.55. The molecule has 1 amide bonds. The standard InChI is InChI=1S/C9H19N3O3/c1-6(5-15-3)4-11-9(13)7(2)8(10)12-14/h6-7,14H,4-5H2,1-3H3,(H2,10,12)(H,11,13). The van der Waals surface area contributed by atoms with E-state index in [9.17, 15) is 4.79 Å². The van der Waals surface area contributed by atoms with Gasteiger partial charge in [0.2, 0.25) is 5.91 Å². The van der Waals surface area contributed by atoms with Crippen LogP contribution in [0.25, 0.3) is 0 Å². The molecular formula is C9H19N3O3. The van der Waals surface area contributed by atoms with Crippen molar-refractivity contribution in [3.05, 3.63) is 0 Å². The third kappa shape index (κ3) is 5.21. The first-order chi connectivity index (χ1) is 7.02. The minimum Gasteiger partial charge on any atom is -0.409 e. The number of amides is 1. The number of methoxy groups -OCH3 is 1. The maximum Gasteiger partial charge on any atom is 0.230 e. The zero-order valence-corrected chi connectivity index (χ0v) is 9.36. The molecule has 0 saturated heterocycles. The van der Waals surface area contributed by atoms with Gasteiger partial charge in [-0.05, 0) is 12.8 Å². The van der Waals surface area contributed by atoms with Gasteiger partial charge in [0, 0.05) is 13.7 Å². The summed E-state index contributed by atoms with van der Waals surface area (Å²) in [5.41, 5.74) is 5.30. The SMILES string of the molecule is COCC(C)CNC(=O)C(C)C(N)=NO. The van der Waals surface area contributed by atoms with Gasteiger partial charge in [-0.3, -0.25) is 4.79 Å². The van der Waals surface area contributed by atoms with Gasteiger partial charge in [-0.2, -0.15) is 0 Å². The van der Waals surface area contributed by atoms with E-state index in [2.05, 4.69) is 10.5 Å². The number of nitrogens with zero attached hydrogens (tertiary/aromatic N) is 1. The van der Waals surface area contributed by atoms with Gasteiger partial charge < -0.3 is 21.0 Å². The van der Waals surface area contributed by atoms with E-state index in [0.717, 1.165) is 0 Å². The van der Waals surface area contributed by atoms with E-state index in [-0.39, 0.29) is 17.7 Å². The monoisotopic (exact) mass is 217 g/mol. The highest BCUT2D eigenvalue weighted by Crippen LogP contribution is 1.97. The number of hydrogen-bond donors (Lipinski definition) is 3. The van der Waals surface area contributed by atoms with Crippen molar-refractivity contribution in [1.82, 2.24) is 5.32 Å². The Morgan fingerprint density at radius 2 is 2.20 bits per heavy atom. The number of ether oxygens (including phenoxy) is 1. The molecule has 0 spiro atoms. The summed E-state index contributed by atoms with van der Waals surface area (Å²) < 4.78 is 4.93. The Kier molecular flexibility index (Phi) is 6.44. The highest BCUT2D eigenvalue weighted by Gasteiger charge is 2.17. The summed E-state index contributed by atoms with van der Waals surface area (Å²) >= 11 is 0. The summed E-state index contributed by atoms with van der Waals surface area (Å²) in [6.07, 6.45) is 0. The Labute approximate surface area is 89.5 Å². The molecule has 0 aliphatic rings. The molecular weight excluding hydrogens is 198 g/mol. The highest BCUT2D eigenvalue weighted by atomic mass is 16.5. The van der Waals surface area contributed by atoms with Crippen LogP contribution >= 0.6 is 0 Å². The van der Waals surface area contributed by atoms with Crippen molar-refractivity contribution < 1.29 is 14.7 Å². The Balaban J connectivity index is 3.93. The summed E-state index contributed by atoms with van der Waals surface area (Å²) in [6.45, 7) is 4.62. The minimum atomic E-state index is -0.621. The summed E-state index contributed by atoms with van der Waals surface area (Å²) in [5.74, 6) is -0.733. The highest BCUT2D eigenvalue weighted by molar-refractivity contribution is 6.01. The Bertz CT molecular complexity index is 231. The van der Waals surface area contributed by atoms with Crippen LogP contribution in [0.3, 0.4) is 0 Å². The minimum absolute atomic E-state index is 0.0908. The normalized spacial score (nSPS) is 15.8. The lowest BCUT2D eigenvalue weighted by Gasteiger charge is -2.14. The molecule has 0 aromatic heterocycles. The van der Waals surface area contributed by atoms with Crippen LogP contribution in [0.15, 0.2) is 5.16 Å². The van der Waals surface area contributed by atoms with Crippen molar-refractivity contribution in [2.24, 2.45) is 22.7 Å². The molecule has 0 aliphatic heterocycles. The van der Waals surface area contributed by atoms with Gasteiger partial charge in [0.05, 0.1) is 12.5 Å². The molecule has 0 aromatic carbocycles. The van der Waals surface area contributed by atoms with Crippen molar-refractivity contribution >= 4 is 11.7 Å². The molecule has 2 unspecified atom stereocenters. The van der Waals surface area contributed by atoms with Gasteiger partial charge in [-0.15, -0.1) is 0 Å². The van der Waals surface area contributed by atoms with Crippen molar-refractivity contribution in [2.75, 3.05) is 20.3 Å². The molecule has 6 heteroatoms. The summed E-state index contributed by atoms with van der Waals surface area (Å²) in [6, 6.07) is 0. The first kappa shape index (κ1) is 13.7. The second kappa shape index (κ2) is 7.05. The van der Waals surface area contributed by atoms with E-state index in [4.69, 9.17) is 15.7 Å². The zero-order chi connectivity index (χ0) is 11.8. The number of carbonyl (C=O) groups is 1. The lowest BCUT2D eigenvalue weighted by Crippen LogP contribution is -2.39. The van der Waals surface area contributed by atoms with E-state index in [1.165, 1.54) is 0 Å². The number of carbonyl (C=O) groups excluding carboxylic acids is 1. The zero-order valence-electron chi connectivity index (χ0n) is 9.36. The van der Waals surface area contributed by atoms with Crippen molar-refractivity contribution in [3.8, 4) is 0 Å². The molecule has 6 nitrogen and oxygen atoms in total. The number of nitrogens with one attached hydrogen (secondary N) is 1. The predicted molar refractivity (Wildman–Crippen MR) is 56.6 cm³/mol. The van der Waals surface area contributed by atoms with Gasteiger partial charge in [-0.1, -0.05) is 12.1 Å². The molecule has 0 rings (SSSR count). The van der Waals surface area contributed by atoms with Crippen molar-refractivity contribution in [1.29, 1.82) is 0 Å². The van der Waals surface area contributed by atoms with Gasteiger partial charge in [0.1, 0.15) is 0 Å². The Morgan fingerprint density at radius 3 is 2.67 bits per heavy atom. The molecule has 0 aromatic rings. The van der Waals surface area contributed by atoms with Crippen LogP contribution < -0.4 is 11.1 Å². The largest absolute Gasteiger partial charge is 0.409 e. The Hall–Kier alpha value is -1.30. The van der Waals surface area contributed by atoms with E-state index < -0.39 is 5.92 Å². The quantitative estimate of drug-likeness (QED) is 0.248. The number of hydrogen-bond acceptors (Lipinski definition) is 4. The lowest BCUT2D eigenvalue weighted by molar-refractivity contribution is -0.122. The van der Waals surface area contributed by atoms with Crippen LogP contribution in [-0.2, 0) is 9.53 Å². The third-order valence-electron chi connectivity index (χ3n) is 2.03. The first-order valence-electron chi connectivity index (χ1n) is 4.77. The number of oxime groups is 1. The lowest BCUT2D eigenvalue weighted by atomic mass is 10.1. The fourth-order valence-corrected chi connectivity index (χ4v) is 0.992. The summed E-state index contributed by atoms with van der Waals surface area (Å²) in [7, 11) is 1.61. The smallest absolute Gasteiger partial charge is 0.230 e. The van der Waals surface area contributed by atoms with Crippen LogP contribution in [0.4, 0.5) is 0 Å². The molecule has 0 heterocycles. The average Bonchev–Trinajstić information content (AvgIpc) is 2.24. The fourth-order valence-electron chi connectivity index (χ4n) is 0.992. The van der Waals surface area contributed by atoms with E-state index in [0.29, 0.717) is 13.2 Å². The fraction of sp³-hybridized carbons (Fsp3) is 0.778. The van der Waals surface area contributed by atoms with Crippen LogP contribution in [0, 0.1) is 11.8 Å². The first-order valence-corrected chi connectivity index (χ1v) is 4.77. The van der Waals surface area contributed by atoms with E-state index in [1.54, 1.807) is 14.0 Å². The molecule has 88 valence electrons. The van der Waals surface area contributed by atoms with Gasteiger partial charge in [0.15, 0.2) is 5.84 Å². The third-order valence-corrected chi connectivity index (χ3v) is 2.03. The average molecular weight is 217 g/mol. The number of amidine groups is 1. The van der Waals surface area contributed by atoms with Crippen LogP contribution in [0.5, 0.6) is 0 Å². The predicted octanol–water partition coefficient (Wildman–Crippen LogP) is -0.232. The van der Waals surface area contributed by atoms with Crippen LogP contribution in [0.2, 0.25) is 0 Å². The summed E-state index contributed by atoms with van der Waals surface area (Å²) in [5, 5.41) is 13.9. The van der Waals surface area contributed by atoms with Crippen LogP contribution in [0.1, 0.15) is 13.8 Å². The molecule has 0 saturated carbocycles. The van der Waals surface area contributed by atoms with Gasteiger partial charge in [-0.25, -0.2) is 0 Å². The summed E-state index contributed by atoms with van der Waals surface area (Å²) in [4.78, 5) is 11.4. The van der Waals surface area contributed by atoms with Gasteiger partial charge >= 0.3 is 0 Å². The molecule has 2 atom stereocenters. The molecule has 15 heavy (non-hydrogen) atoms. The van der Waals surface area contributed by atoms with Crippen molar-refractivity contribution in [3.63, 3.8) is 0 Å². The maximum atomic E-state index is 11.4. The molecule has 0 bridgehead atoms. The maximum absolute atomic E-state index is 11.4. The second-order valence-electron chi connectivity index (χ2n) is 3.55. The molecule has 0 radical (unpaired) electrons. The van der Waals surface area contributed by atoms with E-state index in [1.807, 2.05) is 6.92 Å². The molecule has 4 N–H and O–H groups in total. The van der Waals surface area contributed by atoms with E-state index >= 15 is 0 Å². The molecule has 0 aliphatic carbocycles. The van der Waals surface area contributed by atoms with Gasteiger partial charge in [0.25, 0.3) is 0 Å².